The lowest BCUT2D eigenvalue weighted by Gasteiger charge is -2.27. The number of ether oxygens (including phenoxy) is 2. The largest absolute Gasteiger partial charge is 0.476 e. The summed E-state index contributed by atoms with van der Waals surface area (Å²) in [5.41, 5.74) is -0.947. The van der Waals surface area contributed by atoms with Crippen LogP contribution in [-0.2, 0) is 9.53 Å². The monoisotopic (exact) mass is 256 g/mol. The smallest absolute Gasteiger partial charge is 0.349 e. The summed E-state index contributed by atoms with van der Waals surface area (Å²) < 4.78 is 10.5. The molecule has 4 heteroatoms. The first-order valence-corrected chi connectivity index (χ1v) is 5.92. The topological polar surface area (TPSA) is 35.5 Å². The van der Waals surface area contributed by atoms with Gasteiger partial charge in [-0.25, -0.2) is 4.79 Å². The predicted octanol–water partition coefficient (Wildman–Crippen LogP) is 3.45. The average Bonchev–Trinajstić information content (AvgIpc) is 2.31. The minimum Gasteiger partial charge on any atom is -0.476 e. The van der Waals surface area contributed by atoms with Crippen molar-refractivity contribution in [2.24, 2.45) is 0 Å². The van der Waals surface area contributed by atoms with Gasteiger partial charge in [-0.15, -0.1) is 0 Å². The van der Waals surface area contributed by atoms with Gasteiger partial charge < -0.3 is 9.47 Å². The Labute approximate surface area is 107 Å². The molecule has 0 aliphatic carbocycles. The predicted molar refractivity (Wildman–Crippen MR) is 67.4 cm³/mol. The fourth-order valence-electron chi connectivity index (χ4n) is 1.65. The summed E-state index contributed by atoms with van der Waals surface area (Å²) in [5, 5.41) is 0.632. The van der Waals surface area contributed by atoms with Crippen LogP contribution < -0.4 is 4.74 Å². The van der Waals surface area contributed by atoms with E-state index >= 15 is 0 Å². The molecule has 0 heterocycles. The van der Waals surface area contributed by atoms with Crippen LogP contribution >= 0.6 is 11.6 Å². The zero-order chi connectivity index (χ0) is 12.9. The van der Waals surface area contributed by atoms with Crippen LogP contribution in [0, 0.1) is 0 Å². The van der Waals surface area contributed by atoms with Crippen LogP contribution in [0.3, 0.4) is 0 Å². The number of rotatable bonds is 5. The summed E-state index contributed by atoms with van der Waals surface area (Å²) in [6.45, 7) is 3.73. The number of carbonyl (C=O) groups is 1. The second kappa shape index (κ2) is 5.92. The number of methoxy groups -OCH3 is 1. The van der Waals surface area contributed by atoms with Crippen molar-refractivity contribution in [1.29, 1.82) is 0 Å². The van der Waals surface area contributed by atoms with Crippen LogP contribution in [0.25, 0.3) is 0 Å². The van der Waals surface area contributed by atoms with E-state index in [2.05, 4.69) is 0 Å². The molecule has 0 radical (unpaired) electrons. The van der Waals surface area contributed by atoms with E-state index in [1.165, 1.54) is 7.11 Å². The number of halogens is 1. The Kier molecular flexibility index (Phi) is 4.82. The molecule has 0 aliphatic rings. The van der Waals surface area contributed by atoms with Gasteiger partial charge in [-0.1, -0.05) is 24.9 Å². The second-order valence-corrected chi connectivity index (χ2v) is 4.46. The Morgan fingerprint density at radius 2 is 1.94 bits per heavy atom. The third-order valence-corrected chi connectivity index (χ3v) is 2.75. The van der Waals surface area contributed by atoms with Crippen molar-refractivity contribution in [2.45, 2.75) is 32.3 Å². The Morgan fingerprint density at radius 3 is 2.41 bits per heavy atom. The van der Waals surface area contributed by atoms with Gasteiger partial charge in [0.15, 0.2) is 0 Å². The van der Waals surface area contributed by atoms with E-state index in [1.54, 1.807) is 31.2 Å². The molecule has 0 fully saturated rings. The van der Waals surface area contributed by atoms with Crippen molar-refractivity contribution < 1.29 is 14.3 Å². The average molecular weight is 257 g/mol. The molecular formula is C13H17ClO3. The lowest BCUT2D eigenvalue weighted by Crippen LogP contribution is -2.42. The maximum Gasteiger partial charge on any atom is 0.349 e. The van der Waals surface area contributed by atoms with Gasteiger partial charge in [-0.3, -0.25) is 0 Å². The highest BCUT2D eigenvalue weighted by molar-refractivity contribution is 6.30. The molecule has 0 aromatic heterocycles. The minimum absolute atomic E-state index is 0.366. The van der Waals surface area contributed by atoms with E-state index in [0.29, 0.717) is 17.2 Å². The second-order valence-electron chi connectivity index (χ2n) is 4.03. The first kappa shape index (κ1) is 13.8. The lowest BCUT2D eigenvalue weighted by molar-refractivity contribution is -0.158. The van der Waals surface area contributed by atoms with Crippen molar-refractivity contribution in [3.05, 3.63) is 29.3 Å². The van der Waals surface area contributed by atoms with Crippen LogP contribution in [0.4, 0.5) is 0 Å². The van der Waals surface area contributed by atoms with Crippen LogP contribution in [0.1, 0.15) is 26.7 Å². The summed E-state index contributed by atoms with van der Waals surface area (Å²) >= 11 is 5.79. The first-order chi connectivity index (χ1) is 8.01. The van der Waals surface area contributed by atoms with Crippen LogP contribution in [0.15, 0.2) is 24.3 Å². The minimum atomic E-state index is -0.947. The number of hydrogen-bond acceptors (Lipinski definition) is 3. The summed E-state index contributed by atoms with van der Waals surface area (Å²) in [6, 6.07) is 6.92. The molecule has 0 unspecified atom stereocenters. The molecule has 0 bridgehead atoms. The van der Waals surface area contributed by atoms with E-state index in [-0.39, 0.29) is 5.97 Å². The molecule has 1 rings (SSSR count). The van der Waals surface area contributed by atoms with E-state index < -0.39 is 5.60 Å². The highest BCUT2D eigenvalue weighted by Gasteiger charge is 2.35. The summed E-state index contributed by atoms with van der Waals surface area (Å²) in [7, 11) is 1.36. The number of carbonyl (C=O) groups excluding carboxylic acids is 1. The fraction of sp³-hybridized carbons (Fsp3) is 0.462. The van der Waals surface area contributed by atoms with Gasteiger partial charge in [0, 0.05) is 5.02 Å². The third kappa shape index (κ3) is 3.63. The highest BCUT2D eigenvalue weighted by atomic mass is 35.5. The summed E-state index contributed by atoms with van der Waals surface area (Å²) in [4.78, 5) is 11.7. The van der Waals surface area contributed by atoms with Crippen molar-refractivity contribution in [2.75, 3.05) is 7.11 Å². The molecule has 0 amide bonds. The molecule has 0 spiro atoms. The lowest BCUT2D eigenvalue weighted by atomic mass is 10.0. The fourth-order valence-corrected chi connectivity index (χ4v) is 1.78. The van der Waals surface area contributed by atoms with Gasteiger partial charge in [0.1, 0.15) is 5.75 Å². The Balaban J connectivity index is 2.86. The van der Waals surface area contributed by atoms with Crippen LogP contribution in [0.2, 0.25) is 5.02 Å². The van der Waals surface area contributed by atoms with Gasteiger partial charge in [0.05, 0.1) is 7.11 Å². The first-order valence-electron chi connectivity index (χ1n) is 5.55. The van der Waals surface area contributed by atoms with Crippen molar-refractivity contribution in [3.63, 3.8) is 0 Å². The number of hydrogen-bond donors (Lipinski definition) is 0. The summed E-state index contributed by atoms with van der Waals surface area (Å²) in [5.74, 6) is 0.241. The molecule has 0 saturated heterocycles. The third-order valence-electron chi connectivity index (χ3n) is 2.50. The number of esters is 1. The van der Waals surface area contributed by atoms with E-state index in [0.717, 1.165) is 6.42 Å². The van der Waals surface area contributed by atoms with Gasteiger partial charge in [0.25, 0.3) is 0 Å². The molecule has 0 aliphatic heterocycles. The Morgan fingerprint density at radius 1 is 1.35 bits per heavy atom. The molecule has 94 valence electrons. The van der Waals surface area contributed by atoms with Crippen molar-refractivity contribution >= 4 is 17.6 Å². The molecule has 17 heavy (non-hydrogen) atoms. The zero-order valence-electron chi connectivity index (χ0n) is 10.3. The van der Waals surface area contributed by atoms with E-state index in [1.807, 2.05) is 6.92 Å². The molecule has 0 N–H and O–H groups in total. The van der Waals surface area contributed by atoms with Gasteiger partial charge in [-0.05, 0) is 37.6 Å². The molecule has 3 nitrogen and oxygen atoms in total. The quantitative estimate of drug-likeness (QED) is 0.757. The van der Waals surface area contributed by atoms with Crippen molar-refractivity contribution in [1.82, 2.24) is 0 Å². The molecule has 1 atom stereocenters. The zero-order valence-corrected chi connectivity index (χ0v) is 11.1. The molecule has 1 aromatic carbocycles. The standard InChI is InChI=1S/C13H17ClO3/c1-4-9-13(2,12(15)16-3)17-11-7-5-10(14)6-8-11/h5-8H,4,9H2,1-3H3/t13-/m1/s1. The number of benzene rings is 1. The Hall–Kier alpha value is -1.22. The highest BCUT2D eigenvalue weighted by Crippen LogP contribution is 2.25. The molecular weight excluding hydrogens is 240 g/mol. The van der Waals surface area contributed by atoms with Gasteiger partial charge in [0.2, 0.25) is 5.60 Å². The molecule has 0 saturated carbocycles. The Bertz CT molecular complexity index is 375. The maximum absolute atomic E-state index is 11.7. The van der Waals surface area contributed by atoms with Gasteiger partial charge >= 0.3 is 5.97 Å². The SMILES string of the molecule is CCC[C@@](C)(Oc1ccc(Cl)cc1)C(=O)OC. The maximum atomic E-state index is 11.7. The van der Waals surface area contributed by atoms with Crippen LogP contribution in [-0.4, -0.2) is 18.7 Å². The summed E-state index contributed by atoms with van der Waals surface area (Å²) in [6.07, 6.45) is 1.43. The van der Waals surface area contributed by atoms with E-state index in [9.17, 15) is 4.79 Å². The normalized spacial score (nSPS) is 13.9. The molecule has 1 aromatic rings. The van der Waals surface area contributed by atoms with Gasteiger partial charge in [-0.2, -0.15) is 0 Å². The van der Waals surface area contributed by atoms with Crippen LogP contribution in [0.5, 0.6) is 5.75 Å². The van der Waals surface area contributed by atoms with Crippen molar-refractivity contribution in [3.8, 4) is 5.75 Å². The van der Waals surface area contributed by atoms with E-state index in [4.69, 9.17) is 21.1 Å².